The van der Waals surface area contributed by atoms with Gasteiger partial charge in [0.05, 0.1) is 0 Å². The van der Waals surface area contributed by atoms with E-state index in [1.54, 1.807) is 11.1 Å². The van der Waals surface area contributed by atoms with Gasteiger partial charge in [0.1, 0.15) is 28.2 Å². The van der Waals surface area contributed by atoms with Crippen LogP contribution in [0.5, 0.6) is 0 Å². The molecule has 2 fully saturated rings. The molecule has 0 bridgehead atoms. The molecular weight excluding hydrogens is 1030 g/mol. The predicted octanol–water partition coefficient (Wildman–Crippen LogP) is 19.6. The third-order valence-electron chi connectivity index (χ3n) is 19.2. The Morgan fingerprint density at radius 1 is 0.353 bits per heavy atom. The maximum absolute atomic E-state index is 2.43. The SMILES string of the molecule is CCC(CC)c1ccc(-c2cc(C)c(C)c[n+]2C)c(C)c1.Cc1cc(-c2ccc(C3CCCC3)cc2C)[n+](C)cc1C.Cc1cc(-c2ccc(C3CCCCC3)cc2C)[n+](C)cc1C.Cc1cc(-c2ccc(CC(C)(C)C)cc2C)[n+](C)cc1C. The van der Waals surface area contributed by atoms with Gasteiger partial charge in [0.25, 0.3) is 0 Å². The summed E-state index contributed by atoms with van der Waals surface area (Å²) in [5.74, 6) is 2.27. The molecule has 450 valence electrons. The molecule has 2 saturated carbocycles. The van der Waals surface area contributed by atoms with Crippen molar-refractivity contribution in [1.82, 2.24) is 0 Å². The quantitative estimate of drug-likeness (QED) is 0.121. The minimum Gasteiger partial charge on any atom is -0.201 e. The molecule has 10 rings (SSSR count). The number of aryl methyl sites for hydroxylation is 16. The number of hydrogen-bond acceptors (Lipinski definition) is 0. The highest BCUT2D eigenvalue weighted by Crippen LogP contribution is 2.38. The fourth-order valence-electron chi connectivity index (χ4n) is 13.5. The molecule has 85 heavy (non-hydrogen) atoms. The maximum Gasteiger partial charge on any atom is 0.212 e. The standard InChI is InChI=1S/C21H28N.C20H26N.2C20H28N/c1-15-13-21(22(4)14-17(15)3)20-11-10-19(12-16(20)2)18-8-6-5-7-9-18;1-14-12-20(21(4)13-16(14)3)19-10-9-18(11-15(19)2)17-7-5-6-8-17;1-14-11-19(21(7)13-16(14)3)18-9-8-17(10-15(18)2)12-20(4,5)6;1-7-17(8-2)18-9-10-19(15(4)11-18)20-12-14(3)16(5)13-21(20)6/h10-14,18H,5-9H2,1-4H3;9-13,17H,5-8H2,1-4H3;8-11,13H,12H2,1-7H3;9-13,17H,7-8H2,1-6H3/q4*+1. The third kappa shape index (κ3) is 16.9. The van der Waals surface area contributed by atoms with Gasteiger partial charge in [0, 0.05) is 68.8 Å². The summed E-state index contributed by atoms with van der Waals surface area (Å²) >= 11 is 0. The molecule has 0 unspecified atom stereocenters. The van der Waals surface area contributed by atoms with E-state index >= 15 is 0 Å². The first-order valence-corrected chi connectivity index (χ1v) is 32.6. The van der Waals surface area contributed by atoms with Gasteiger partial charge in [-0.2, -0.15) is 0 Å². The number of aromatic nitrogens is 4. The fraction of sp³-hybridized carbons (Fsp3) is 0.457. The fourth-order valence-corrected chi connectivity index (χ4v) is 13.5. The zero-order valence-corrected chi connectivity index (χ0v) is 57.1. The van der Waals surface area contributed by atoms with Crippen molar-refractivity contribution in [2.45, 2.75) is 213 Å². The van der Waals surface area contributed by atoms with E-state index in [4.69, 9.17) is 0 Å². The van der Waals surface area contributed by atoms with Crippen LogP contribution in [-0.2, 0) is 34.6 Å². The number of nitrogens with zero attached hydrogens (tertiary/aromatic N) is 4. The van der Waals surface area contributed by atoms with Gasteiger partial charge < -0.3 is 0 Å². The van der Waals surface area contributed by atoms with E-state index in [1.807, 2.05) is 0 Å². The van der Waals surface area contributed by atoms with E-state index in [9.17, 15) is 0 Å². The van der Waals surface area contributed by atoms with Crippen molar-refractivity contribution in [1.29, 1.82) is 0 Å². The lowest BCUT2D eigenvalue weighted by molar-refractivity contribution is -0.660. The van der Waals surface area contributed by atoms with E-state index in [-0.39, 0.29) is 0 Å². The van der Waals surface area contributed by atoms with Crippen LogP contribution >= 0.6 is 0 Å². The van der Waals surface area contributed by atoms with Gasteiger partial charge in [-0.15, -0.1) is 0 Å². The molecule has 0 N–H and O–H groups in total. The van der Waals surface area contributed by atoms with Gasteiger partial charge in [-0.05, 0) is 242 Å². The van der Waals surface area contributed by atoms with Gasteiger partial charge in [-0.1, -0.05) is 115 Å². The van der Waals surface area contributed by atoms with Crippen LogP contribution in [-0.4, -0.2) is 0 Å². The first-order chi connectivity index (χ1) is 40.3. The van der Waals surface area contributed by atoms with Gasteiger partial charge in [-0.3, -0.25) is 0 Å². The average molecular weight is 1140 g/mol. The highest BCUT2D eigenvalue weighted by Gasteiger charge is 2.23. The van der Waals surface area contributed by atoms with Crippen molar-refractivity contribution in [3.05, 3.63) is 211 Å². The molecule has 8 aromatic rings. The summed E-state index contributed by atoms with van der Waals surface area (Å²) in [7, 11) is 8.56. The Balaban J connectivity index is 0.000000162. The van der Waals surface area contributed by atoms with Crippen molar-refractivity contribution < 1.29 is 18.3 Å². The summed E-state index contributed by atoms with van der Waals surface area (Å²) in [5, 5.41) is 0. The van der Waals surface area contributed by atoms with Gasteiger partial charge in [0.15, 0.2) is 24.8 Å². The van der Waals surface area contributed by atoms with Gasteiger partial charge >= 0.3 is 0 Å². The molecule has 4 heterocycles. The average Bonchev–Trinajstić information content (AvgIpc) is 2.43. The molecule has 0 spiro atoms. The van der Waals surface area contributed by atoms with Crippen LogP contribution in [0.1, 0.15) is 212 Å². The smallest absolute Gasteiger partial charge is 0.201 e. The van der Waals surface area contributed by atoms with E-state index in [0.29, 0.717) is 11.3 Å². The van der Waals surface area contributed by atoms with Crippen molar-refractivity contribution in [3.63, 3.8) is 0 Å². The minimum absolute atomic E-state index is 0.332. The molecule has 4 aromatic heterocycles. The molecule has 0 radical (unpaired) electrons. The zero-order valence-electron chi connectivity index (χ0n) is 57.1. The van der Waals surface area contributed by atoms with E-state index < -0.39 is 0 Å². The number of rotatable bonds is 10. The number of pyridine rings is 4. The Kier molecular flexibility index (Phi) is 22.7. The van der Waals surface area contributed by atoms with Crippen molar-refractivity contribution in [2.75, 3.05) is 0 Å². The second-order valence-electron chi connectivity index (χ2n) is 27.5. The first kappa shape index (κ1) is 66.0. The molecule has 0 amide bonds. The first-order valence-electron chi connectivity index (χ1n) is 32.6. The monoisotopic (exact) mass is 1140 g/mol. The number of hydrogen-bond donors (Lipinski definition) is 0. The molecule has 0 saturated heterocycles. The second kappa shape index (κ2) is 29.2. The van der Waals surface area contributed by atoms with Crippen molar-refractivity contribution in [2.24, 2.45) is 33.6 Å². The Labute approximate surface area is 517 Å². The summed E-state index contributed by atoms with van der Waals surface area (Å²) in [6.07, 6.45) is 25.0. The van der Waals surface area contributed by atoms with Crippen LogP contribution in [0.15, 0.2) is 122 Å². The molecule has 0 aliphatic heterocycles. The highest BCUT2D eigenvalue weighted by atomic mass is 14.9. The summed E-state index contributed by atoms with van der Waals surface area (Å²) in [4.78, 5) is 0. The molecule has 0 atom stereocenters. The Hall–Kier alpha value is -6.52. The van der Waals surface area contributed by atoms with Crippen LogP contribution in [0.4, 0.5) is 0 Å². The van der Waals surface area contributed by atoms with Crippen LogP contribution in [0.3, 0.4) is 0 Å². The van der Waals surface area contributed by atoms with E-state index in [0.717, 1.165) is 18.3 Å². The van der Waals surface area contributed by atoms with E-state index in [2.05, 4.69) is 286 Å². The molecule has 4 heteroatoms. The minimum atomic E-state index is 0.332. The summed E-state index contributed by atoms with van der Waals surface area (Å²) in [5.41, 5.74) is 33.3. The van der Waals surface area contributed by atoms with Crippen LogP contribution < -0.4 is 18.3 Å². The summed E-state index contributed by atoms with van der Waals surface area (Å²) in [6, 6.07) is 37.3. The molecule has 4 nitrogen and oxygen atoms in total. The van der Waals surface area contributed by atoms with Gasteiger partial charge in [0.2, 0.25) is 22.8 Å². The predicted molar refractivity (Wildman–Crippen MR) is 363 cm³/mol. The summed E-state index contributed by atoms with van der Waals surface area (Å²) < 4.78 is 8.97. The van der Waals surface area contributed by atoms with E-state index in [1.165, 1.54) is 194 Å². The molecule has 4 aromatic carbocycles. The number of benzene rings is 4. The molecule has 2 aliphatic carbocycles. The van der Waals surface area contributed by atoms with Crippen molar-refractivity contribution in [3.8, 4) is 45.0 Å². The summed E-state index contributed by atoms with van der Waals surface area (Å²) in [6.45, 7) is 37.8. The zero-order chi connectivity index (χ0) is 62.0. The maximum atomic E-state index is 2.43. The largest absolute Gasteiger partial charge is 0.212 e. The normalized spacial score (nSPS) is 13.7. The topological polar surface area (TPSA) is 15.5 Å². The lowest BCUT2D eigenvalue weighted by atomic mass is 9.83. The Bertz CT molecular complexity index is 3480. The Morgan fingerprint density at radius 2 is 0.659 bits per heavy atom. The lowest BCUT2D eigenvalue weighted by Gasteiger charge is -2.22. The van der Waals surface area contributed by atoms with Gasteiger partial charge in [-0.25, -0.2) is 18.3 Å². The second-order valence-corrected chi connectivity index (χ2v) is 27.5. The highest BCUT2D eigenvalue weighted by molar-refractivity contribution is 5.65. The van der Waals surface area contributed by atoms with Crippen molar-refractivity contribution >= 4 is 0 Å². The Morgan fingerprint density at radius 3 is 0.965 bits per heavy atom. The molecular formula is C81H110N4+4. The molecule has 2 aliphatic rings. The van der Waals surface area contributed by atoms with Crippen LogP contribution in [0, 0.1) is 88.5 Å². The lowest BCUT2D eigenvalue weighted by Crippen LogP contribution is -2.31. The third-order valence-corrected chi connectivity index (χ3v) is 19.2. The van der Waals surface area contributed by atoms with Crippen LogP contribution in [0.25, 0.3) is 45.0 Å². The van der Waals surface area contributed by atoms with Crippen LogP contribution in [0.2, 0.25) is 0 Å².